The fourth-order valence-electron chi connectivity index (χ4n) is 2.29. The first-order valence-electron chi connectivity index (χ1n) is 6.77. The lowest BCUT2D eigenvalue weighted by molar-refractivity contribution is 0.395. The molecule has 3 aromatic rings. The molecule has 0 aliphatic heterocycles. The van der Waals surface area contributed by atoms with E-state index in [9.17, 15) is 5.11 Å². The fraction of sp³-hybridized carbons (Fsp3) is 0.125. The van der Waals surface area contributed by atoms with Gasteiger partial charge in [0, 0.05) is 6.07 Å². The third kappa shape index (κ3) is 2.68. The third-order valence-electron chi connectivity index (χ3n) is 3.39. The van der Waals surface area contributed by atoms with Gasteiger partial charge in [0.1, 0.15) is 11.5 Å². The van der Waals surface area contributed by atoms with Gasteiger partial charge in [-0.3, -0.25) is 0 Å². The normalized spacial score (nSPS) is 10.6. The minimum atomic E-state index is -0.258. The van der Waals surface area contributed by atoms with Gasteiger partial charge in [-0.25, -0.2) is 4.57 Å². The molecule has 7 heteroatoms. The van der Waals surface area contributed by atoms with Crippen LogP contribution in [0.1, 0.15) is 0 Å². The highest BCUT2D eigenvalue weighted by Crippen LogP contribution is 2.36. The van der Waals surface area contributed by atoms with Crippen molar-refractivity contribution in [3.8, 4) is 34.6 Å². The Hall–Kier alpha value is -2.73. The molecule has 1 aromatic heterocycles. The molecule has 0 spiro atoms. The van der Waals surface area contributed by atoms with E-state index in [0.717, 1.165) is 0 Å². The highest BCUT2D eigenvalue weighted by Gasteiger charge is 2.20. The molecule has 23 heavy (non-hydrogen) atoms. The topological polar surface area (TPSA) is 69.4 Å². The first-order chi connectivity index (χ1) is 11.2. The molecule has 0 saturated heterocycles. The number of para-hydroxylation sites is 1. The summed E-state index contributed by atoms with van der Waals surface area (Å²) in [6.45, 7) is 0. The molecule has 1 heterocycles. The van der Waals surface area contributed by atoms with E-state index < -0.39 is 0 Å². The Morgan fingerprint density at radius 1 is 1.04 bits per heavy atom. The molecule has 0 bridgehead atoms. The fourth-order valence-corrected chi connectivity index (χ4v) is 2.51. The number of hydrogen-bond acceptors (Lipinski definition) is 5. The van der Waals surface area contributed by atoms with Crippen LogP contribution in [0.5, 0.6) is 17.5 Å². The molecule has 0 fully saturated rings. The van der Waals surface area contributed by atoms with Crippen molar-refractivity contribution in [1.29, 1.82) is 0 Å². The summed E-state index contributed by atoms with van der Waals surface area (Å²) >= 11 is 6.23. The molecular formula is C16H14ClN3O3. The first kappa shape index (κ1) is 15.2. The summed E-state index contributed by atoms with van der Waals surface area (Å²) in [5.41, 5.74) is 1.23. The Kier molecular flexibility index (Phi) is 4.08. The van der Waals surface area contributed by atoms with Gasteiger partial charge in [-0.15, -0.1) is 5.10 Å². The second kappa shape index (κ2) is 6.18. The zero-order valence-electron chi connectivity index (χ0n) is 12.5. The van der Waals surface area contributed by atoms with Crippen molar-refractivity contribution in [2.24, 2.45) is 0 Å². The monoisotopic (exact) mass is 331 g/mol. The van der Waals surface area contributed by atoms with Gasteiger partial charge in [-0.05, 0) is 24.3 Å². The van der Waals surface area contributed by atoms with Crippen molar-refractivity contribution < 1.29 is 14.6 Å². The van der Waals surface area contributed by atoms with Crippen molar-refractivity contribution in [2.75, 3.05) is 14.2 Å². The van der Waals surface area contributed by atoms with Crippen molar-refractivity contribution >= 4 is 11.6 Å². The zero-order valence-corrected chi connectivity index (χ0v) is 13.3. The predicted octanol–water partition coefficient (Wildman–Crippen LogP) is 3.31. The van der Waals surface area contributed by atoms with Gasteiger partial charge in [-0.1, -0.05) is 28.8 Å². The van der Waals surface area contributed by atoms with Gasteiger partial charge in [0.05, 0.1) is 30.5 Å². The Morgan fingerprint density at radius 3 is 2.52 bits per heavy atom. The van der Waals surface area contributed by atoms with Crippen LogP contribution in [0.3, 0.4) is 0 Å². The molecule has 0 atom stereocenters. The summed E-state index contributed by atoms with van der Waals surface area (Å²) < 4.78 is 12.1. The molecule has 0 amide bonds. The van der Waals surface area contributed by atoms with Crippen molar-refractivity contribution in [3.05, 3.63) is 47.5 Å². The summed E-state index contributed by atoms with van der Waals surface area (Å²) in [6.07, 6.45) is 0. The van der Waals surface area contributed by atoms with E-state index in [1.807, 2.05) is 6.07 Å². The molecule has 6 nitrogen and oxygen atoms in total. The number of benzene rings is 2. The average Bonchev–Trinajstić information content (AvgIpc) is 2.96. The number of hydrogen-bond donors (Lipinski definition) is 1. The van der Waals surface area contributed by atoms with Crippen LogP contribution in [0.4, 0.5) is 0 Å². The van der Waals surface area contributed by atoms with Gasteiger partial charge >= 0.3 is 6.01 Å². The Bertz CT molecular complexity index is 848. The zero-order chi connectivity index (χ0) is 16.4. The highest BCUT2D eigenvalue weighted by atomic mass is 35.5. The van der Waals surface area contributed by atoms with Crippen molar-refractivity contribution in [1.82, 2.24) is 14.8 Å². The third-order valence-corrected chi connectivity index (χ3v) is 3.71. The maximum atomic E-state index is 10.1. The van der Waals surface area contributed by atoms with Gasteiger partial charge < -0.3 is 14.6 Å². The Labute approximate surface area is 137 Å². The van der Waals surface area contributed by atoms with Crippen LogP contribution < -0.4 is 9.47 Å². The van der Waals surface area contributed by atoms with Crippen LogP contribution >= 0.6 is 11.6 Å². The van der Waals surface area contributed by atoms with E-state index in [0.29, 0.717) is 33.6 Å². The summed E-state index contributed by atoms with van der Waals surface area (Å²) in [4.78, 5) is 0. The molecule has 0 aliphatic carbocycles. The van der Waals surface area contributed by atoms with E-state index in [4.69, 9.17) is 21.1 Å². The van der Waals surface area contributed by atoms with E-state index in [-0.39, 0.29) is 6.01 Å². The Morgan fingerprint density at radius 2 is 1.83 bits per heavy atom. The van der Waals surface area contributed by atoms with Crippen LogP contribution in [0.15, 0.2) is 42.5 Å². The second-order valence-electron chi connectivity index (χ2n) is 4.68. The van der Waals surface area contributed by atoms with Gasteiger partial charge in [0.25, 0.3) is 0 Å². The summed E-state index contributed by atoms with van der Waals surface area (Å²) in [6, 6.07) is 12.2. The lowest BCUT2D eigenvalue weighted by atomic mass is 10.1. The first-order valence-corrected chi connectivity index (χ1v) is 7.15. The maximum Gasteiger partial charge on any atom is 0.319 e. The largest absolute Gasteiger partial charge is 0.497 e. The number of nitrogens with zero attached hydrogens (tertiary/aromatic N) is 3. The SMILES string of the molecule is COc1ccc(-c2nnc(O)n2-c2ccccc2Cl)c(OC)c1. The lowest BCUT2D eigenvalue weighted by Gasteiger charge is -2.12. The van der Waals surface area contributed by atoms with Gasteiger partial charge in [0.15, 0.2) is 5.82 Å². The second-order valence-corrected chi connectivity index (χ2v) is 5.08. The van der Waals surface area contributed by atoms with E-state index in [2.05, 4.69) is 10.2 Å². The highest BCUT2D eigenvalue weighted by molar-refractivity contribution is 6.32. The molecule has 118 valence electrons. The molecule has 0 radical (unpaired) electrons. The minimum absolute atomic E-state index is 0.258. The number of aromatic hydroxyl groups is 1. The summed E-state index contributed by atoms with van der Waals surface area (Å²) in [5.74, 6) is 1.61. The molecule has 0 unspecified atom stereocenters. The van der Waals surface area contributed by atoms with Gasteiger partial charge in [-0.2, -0.15) is 0 Å². The molecular weight excluding hydrogens is 318 g/mol. The van der Waals surface area contributed by atoms with Crippen LogP contribution in [0, 0.1) is 0 Å². The quantitative estimate of drug-likeness (QED) is 0.794. The lowest BCUT2D eigenvalue weighted by Crippen LogP contribution is -2.00. The van der Waals surface area contributed by atoms with Crippen LogP contribution in [-0.2, 0) is 0 Å². The number of ether oxygens (including phenoxy) is 2. The summed E-state index contributed by atoms with van der Waals surface area (Å²) in [7, 11) is 3.13. The number of methoxy groups -OCH3 is 2. The van der Waals surface area contributed by atoms with Crippen LogP contribution in [0.25, 0.3) is 17.1 Å². The Balaban J connectivity index is 2.22. The smallest absolute Gasteiger partial charge is 0.319 e. The standard InChI is InChI=1S/C16H14ClN3O3/c1-22-10-7-8-11(14(9-10)23-2)15-18-19-16(21)20(15)13-6-4-3-5-12(13)17/h3-9H,1-2H3,(H,19,21). The molecule has 0 saturated carbocycles. The van der Waals surface area contributed by atoms with Gasteiger partial charge in [0.2, 0.25) is 0 Å². The van der Waals surface area contributed by atoms with E-state index in [1.165, 1.54) is 4.57 Å². The molecule has 0 aliphatic rings. The van der Waals surface area contributed by atoms with E-state index in [1.54, 1.807) is 50.6 Å². The molecule has 2 aromatic carbocycles. The number of rotatable bonds is 4. The number of aromatic nitrogens is 3. The van der Waals surface area contributed by atoms with Crippen LogP contribution in [-0.4, -0.2) is 34.1 Å². The summed E-state index contributed by atoms with van der Waals surface area (Å²) in [5, 5.41) is 18.4. The number of halogens is 1. The predicted molar refractivity (Wildman–Crippen MR) is 86.6 cm³/mol. The maximum absolute atomic E-state index is 10.1. The van der Waals surface area contributed by atoms with Crippen LogP contribution in [0.2, 0.25) is 5.02 Å². The van der Waals surface area contributed by atoms with Crippen molar-refractivity contribution in [2.45, 2.75) is 0 Å². The average molecular weight is 332 g/mol. The minimum Gasteiger partial charge on any atom is -0.497 e. The molecule has 3 rings (SSSR count). The molecule has 1 N–H and O–H groups in total. The van der Waals surface area contributed by atoms with Crippen molar-refractivity contribution in [3.63, 3.8) is 0 Å². The van der Waals surface area contributed by atoms with E-state index >= 15 is 0 Å².